The van der Waals surface area contributed by atoms with Crippen molar-refractivity contribution in [3.05, 3.63) is 0 Å². The van der Waals surface area contributed by atoms with Crippen molar-refractivity contribution in [1.82, 2.24) is 15.3 Å². The Labute approximate surface area is 110 Å². The number of likely N-dealkylation sites (tertiary alicyclic amines) is 1. The molecule has 8 heteroatoms. The number of carbonyl (C=O) groups is 1. The lowest BCUT2D eigenvalue weighted by Gasteiger charge is -2.32. The number of hydrogen-bond acceptors (Lipinski definition) is 4. The van der Waals surface area contributed by atoms with Gasteiger partial charge >= 0.3 is 6.18 Å². The zero-order valence-electron chi connectivity index (χ0n) is 11.2. The van der Waals surface area contributed by atoms with Gasteiger partial charge in [-0.25, -0.2) is 0 Å². The Morgan fingerprint density at radius 1 is 1.37 bits per heavy atom. The van der Waals surface area contributed by atoms with Crippen molar-refractivity contribution in [1.29, 1.82) is 0 Å². The fourth-order valence-corrected chi connectivity index (χ4v) is 1.78. The second-order valence-electron chi connectivity index (χ2n) is 4.86. The molecule has 0 bridgehead atoms. The first-order valence-corrected chi connectivity index (χ1v) is 6.14. The maximum absolute atomic E-state index is 11.9. The Balaban J connectivity index is 2.17. The molecule has 0 radical (unpaired) electrons. The SMILES string of the molecule is CN(C)C(=O)CN1CCC(NOCC(F)(F)F)CC1. The lowest BCUT2D eigenvalue weighted by Crippen LogP contribution is -2.46. The molecule has 112 valence electrons. The summed E-state index contributed by atoms with van der Waals surface area (Å²) in [6.07, 6.45) is -2.98. The van der Waals surface area contributed by atoms with Gasteiger partial charge in [0.1, 0.15) is 0 Å². The Kier molecular flexibility index (Phi) is 6.02. The van der Waals surface area contributed by atoms with E-state index in [0.717, 1.165) is 0 Å². The maximum Gasteiger partial charge on any atom is 0.413 e. The van der Waals surface area contributed by atoms with Crippen LogP contribution in [0.4, 0.5) is 13.2 Å². The summed E-state index contributed by atoms with van der Waals surface area (Å²) in [5, 5.41) is 0. The van der Waals surface area contributed by atoms with Crippen LogP contribution in [0.5, 0.6) is 0 Å². The molecule has 0 aromatic rings. The zero-order chi connectivity index (χ0) is 14.5. The van der Waals surface area contributed by atoms with Crippen molar-refractivity contribution in [2.45, 2.75) is 25.1 Å². The molecule has 0 aromatic heterocycles. The highest BCUT2D eigenvalue weighted by atomic mass is 19.4. The molecule has 5 nitrogen and oxygen atoms in total. The number of hydroxylamine groups is 1. The smallest absolute Gasteiger partial charge is 0.348 e. The van der Waals surface area contributed by atoms with Crippen LogP contribution in [-0.4, -0.2) is 68.3 Å². The third kappa shape index (κ3) is 6.74. The van der Waals surface area contributed by atoms with Crippen LogP contribution >= 0.6 is 0 Å². The fourth-order valence-electron chi connectivity index (χ4n) is 1.78. The number of nitrogens with zero attached hydrogens (tertiary/aromatic N) is 2. The third-order valence-corrected chi connectivity index (χ3v) is 2.93. The molecular weight excluding hydrogens is 263 g/mol. The predicted octanol–water partition coefficient (Wildman–Crippen LogP) is 0.622. The van der Waals surface area contributed by atoms with Crippen molar-refractivity contribution < 1.29 is 22.8 Å². The van der Waals surface area contributed by atoms with Crippen molar-refractivity contribution >= 4 is 5.91 Å². The summed E-state index contributed by atoms with van der Waals surface area (Å²) in [5.74, 6) is 0.0275. The summed E-state index contributed by atoms with van der Waals surface area (Å²) >= 11 is 0. The highest BCUT2D eigenvalue weighted by molar-refractivity contribution is 5.77. The molecule has 0 spiro atoms. The highest BCUT2D eigenvalue weighted by Crippen LogP contribution is 2.15. The Bertz CT molecular complexity index is 289. The minimum absolute atomic E-state index is 0.0275. The monoisotopic (exact) mass is 283 g/mol. The largest absolute Gasteiger partial charge is 0.413 e. The van der Waals surface area contributed by atoms with Gasteiger partial charge in [-0.1, -0.05) is 0 Å². The van der Waals surface area contributed by atoms with Gasteiger partial charge in [-0.05, 0) is 12.8 Å². The molecule has 0 aromatic carbocycles. The van der Waals surface area contributed by atoms with E-state index in [-0.39, 0.29) is 11.9 Å². The minimum Gasteiger partial charge on any atom is -0.348 e. The van der Waals surface area contributed by atoms with E-state index in [9.17, 15) is 18.0 Å². The van der Waals surface area contributed by atoms with E-state index in [1.54, 1.807) is 14.1 Å². The molecule has 0 unspecified atom stereocenters. The number of alkyl halides is 3. The molecule has 1 aliphatic rings. The van der Waals surface area contributed by atoms with Gasteiger partial charge in [0.2, 0.25) is 5.91 Å². The molecule has 0 aliphatic carbocycles. The van der Waals surface area contributed by atoms with Gasteiger partial charge in [0.15, 0.2) is 6.61 Å². The average molecular weight is 283 g/mol. The number of nitrogens with one attached hydrogen (secondary N) is 1. The first-order chi connectivity index (χ1) is 8.78. The summed E-state index contributed by atoms with van der Waals surface area (Å²) in [5.41, 5.74) is 2.43. The van der Waals surface area contributed by atoms with Gasteiger partial charge < -0.3 is 4.90 Å². The molecular formula is C11H20F3N3O2. The van der Waals surface area contributed by atoms with Gasteiger partial charge in [-0.15, -0.1) is 0 Å². The average Bonchev–Trinajstić information content (AvgIpc) is 2.29. The Morgan fingerprint density at radius 2 is 1.95 bits per heavy atom. The van der Waals surface area contributed by atoms with Crippen LogP contribution in [0.1, 0.15) is 12.8 Å². The van der Waals surface area contributed by atoms with E-state index < -0.39 is 12.8 Å². The summed E-state index contributed by atoms with van der Waals surface area (Å²) in [4.78, 5) is 19.4. The zero-order valence-corrected chi connectivity index (χ0v) is 11.2. The first kappa shape index (κ1) is 16.2. The van der Waals surface area contributed by atoms with Crippen LogP contribution in [-0.2, 0) is 9.63 Å². The summed E-state index contributed by atoms with van der Waals surface area (Å²) in [7, 11) is 3.39. The second kappa shape index (κ2) is 7.06. The number of rotatable bonds is 5. The standard InChI is InChI=1S/C11H20F3N3O2/c1-16(2)10(18)7-17-5-3-9(4-6-17)15-19-8-11(12,13)14/h9,15H,3-8H2,1-2H3. The Morgan fingerprint density at radius 3 is 2.42 bits per heavy atom. The molecule has 1 amide bonds. The van der Waals surface area contributed by atoms with Crippen LogP contribution in [0.3, 0.4) is 0 Å². The first-order valence-electron chi connectivity index (χ1n) is 6.14. The lowest BCUT2D eigenvalue weighted by atomic mass is 10.1. The van der Waals surface area contributed by atoms with Crippen LogP contribution in [0.2, 0.25) is 0 Å². The molecule has 1 heterocycles. The summed E-state index contributed by atoms with van der Waals surface area (Å²) < 4.78 is 35.6. The predicted molar refractivity (Wildman–Crippen MR) is 63.3 cm³/mol. The van der Waals surface area contributed by atoms with Gasteiger partial charge in [-0.2, -0.15) is 18.7 Å². The van der Waals surface area contributed by atoms with Crippen molar-refractivity contribution in [2.24, 2.45) is 0 Å². The maximum atomic E-state index is 11.9. The minimum atomic E-state index is -4.31. The number of hydrogen-bond donors (Lipinski definition) is 1. The van der Waals surface area contributed by atoms with Crippen LogP contribution in [0.25, 0.3) is 0 Å². The summed E-state index contributed by atoms with van der Waals surface area (Å²) in [6, 6.07) is -0.0898. The van der Waals surface area contributed by atoms with Gasteiger partial charge in [-0.3, -0.25) is 14.5 Å². The van der Waals surface area contributed by atoms with Crippen molar-refractivity contribution in [3.8, 4) is 0 Å². The third-order valence-electron chi connectivity index (χ3n) is 2.93. The number of halogens is 3. The molecule has 0 saturated carbocycles. The van der Waals surface area contributed by atoms with Crippen molar-refractivity contribution in [2.75, 3.05) is 40.3 Å². The number of amides is 1. The van der Waals surface area contributed by atoms with Gasteiger partial charge in [0.05, 0.1) is 6.54 Å². The van der Waals surface area contributed by atoms with E-state index in [2.05, 4.69) is 10.3 Å². The quantitative estimate of drug-likeness (QED) is 0.751. The summed E-state index contributed by atoms with van der Waals surface area (Å²) in [6.45, 7) is 0.411. The molecule has 1 rings (SSSR count). The van der Waals surface area contributed by atoms with E-state index >= 15 is 0 Å². The number of likely N-dealkylation sites (N-methyl/N-ethyl adjacent to an activating group) is 1. The molecule has 1 fully saturated rings. The topological polar surface area (TPSA) is 44.8 Å². The van der Waals surface area contributed by atoms with E-state index in [4.69, 9.17) is 0 Å². The molecule has 0 atom stereocenters. The molecule has 19 heavy (non-hydrogen) atoms. The van der Waals surface area contributed by atoms with Gasteiger partial charge in [0, 0.05) is 33.2 Å². The van der Waals surface area contributed by atoms with Gasteiger partial charge in [0.25, 0.3) is 0 Å². The van der Waals surface area contributed by atoms with Crippen LogP contribution in [0.15, 0.2) is 0 Å². The molecule has 1 N–H and O–H groups in total. The van der Waals surface area contributed by atoms with E-state index in [0.29, 0.717) is 32.5 Å². The highest BCUT2D eigenvalue weighted by Gasteiger charge is 2.29. The van der Waals surface area contributed by atoms with Crippen LogP contribution < -0.4 is 5.48 Å². The fraction of sp³-hybridized carbons (Fsp3) is 0.909. The Hall–Kier alpha value is -0.860. The number of piperidine rings is 1. The van der Waals surface area contributed by atoms with Crippen molar-refractivity contribution in [3.63, 3.8) is 0 Å². The molecule has 1 saturated heterocycles. The number of carbonyl (C=O) groups excluding carboxylic acids is 1. The second-order valence-corrected chi connectivity index (χ2v) is 4.86. The van der Waals surface area contributed by atoms with E-state index in [1.807, 2.05) is 4.90 Å². The lowest BCUT2D eigenvalue weighted by molar-refractivity contribution is -0.194. The molecule has 1 aliphatic heterocycles. The van der Waals surface area contributed by atoms with E-state index in [1.165, 1.54) is 4.90 Å². The van der Waals surface area contributed by atoms with Crippen LogP contribution in [0, 0.1) is 0 Å². The normalized spacial score (nSPS) is 18.6.